The van der Waals surface area contributed by atoms with Crippen molar-refractivity contribution in [1.29, 1.82) is 0 Å². The van der Waals surface area contributed by atoms with Crippen LogP contribution in [0.3, 0.4) is 0 Å². The first kappa shape index (κ1) is 30.4. The number of fused-ring (bicyclic) bond motifs is 6. The van der Waals surface area contributed by atoms with Crippen LogP contribution >= 0.6 is 0 Å². The van der Waals surface area contributed by atoms with Crippen LogP contribution in [0.15, 0.2) is 168 Å². The molecule has 0 fully saturated rings. The summed E-state index contributed by atoms with van der Waals surface area (Å²) in [7, 11) is -2.34. The fourth-order valence-corrected chi connectivity index (χ4v) is 11.7. The van der Waals surface area contributed by atoms with E-state index < -0.39 is 8.07 Å². The van der Waals surface area contributed by atoms with Gasteiger partial charge in [0.2, 0.25) is 0 Å². The molecule has 3 heterocycles. The van der Waals surface area contributed by atoms with Crippen LogP contribution in [0.4, 0.5) is 0 Å². The quantitative estimate of drug-likeness (QED) is 0.169. The fraction of sp³-hybridized carbons (Fsp3) is 0.0426. The zero-order chi connectivity index (χ0) is 34.8. The molecule has 0 saturated heterocycles. The van der Waals surface area contributed by atoms with Crippen LogP contribution in [0.2, 0.25) is 13.1 Å². The molecule has 0 aliphatic carbocycles. The monoisotopic (exact) mass is 684 g/mol. The summed E-state index contributed by atoms with van der Waals surface area (Å²) in [5.41, 5.74) is 11.8. The number of hydrogen-bond donors (Lipinski definition) is 0. The molecule has 1 aliphatic heterocycles. The molecule has 5 heteroatoms. The number of furan rings is 1. The van der Waals surface area contributed by atoms with Gasteiger partial charge in [-0.3, -0.25) is 0 Å². The maximum absolute atomic E-state index is 6.45. The third-order valence-electron chi connectivity index (χ3n) is 10.8. The Labute approximate surface area is 303 Å². The predicted octanol–water partition coefficient (Wildman–Crippen LogP) is 10.6. The summed E-state index contributed by atoms with van der Waals surface area (Å²) >= 11 is 0. The van der Waals surface area contributed by atoms with E-state index in [0.29, 0.717) is 17.5 Å². The second-order valence-electron chi connectivity index (χ2n) is 14.4. The molecule has 0 radical (unpaired) electrons. The molecule has 0 unspecified atom stereocenters. The van der Waals surface area contributed by atoms with Crippen LogP contribution in [0.5, 0.6) is 0 Å². The zero-order valence-electron chi connectivity index (χ0n) is 28.9. The Bertz CT molecular complexity index is 2810. The van der Waals surface area contributed by atoms with Crippen molar-refractivity contribution in [2.24, 2.45) is 0 Å². The molecule has 0 bridgehead atoms. The van der Waals surface area contributed by atoms with Crippen molar-refractivity contribution < 1.29 is 4.42 Å². The summed E-state index contributed by atoms with van der Waals surface area (Å²) in [5, 5.41) is 5.08. The van der Waals surface area contributed by atoms with Crippen LogP contribution in [0, 0.1) is 0 Å². The average Bonchev–Trinajstić information content (AvgIpc) is 3.68. The summed E-state index contributed by atoms with van der Waals surface area (Å²) in [6, 6.07) is 57.7. The first-order chi connectivity index (χ1) is 25.5. The van der Waals surface area contributed by atoms with E-state index >= 15 is 0 Å². The first-order valence-electron chi connectivity index (χ1n) is 17.9. The third-order valence-corrected chi connectivity index (χ3v) is 14.9. The SMILES string of the molecule is C[SiH-]1(C)c2ccccc2-c2cc(-c3ccccc3)c(-c3nc(-c4ccccc4)nc(-c4ccc5c(c4)oc4ccc(-c6ccccc6)cc45)n3)cc21. The van der Waals surface area contributed by atoms with Crippen molar-refractivity contribution >= 4 is 40.4 Å². The molecule has 1 aliphatic rings. The van der Waals surface area contributed by atoms with Gasteiger partial charge in [-0.15, -0.1) is 0 Å². The zero-order valence-corrected chi connectivity index (χ0v) is 30.1. The minimum absolute atomic E-state index is 0.609. The van der Waals surface area contributed by atoms with Crippen molar-refractivity contribution in [3.63, 3.8) is 0 Å². The standard InChI is InChI=1S/C47H34N3OSi/c1-52(2)43-21-13-12-20-36(43)39-28-37(31-16-8-4-9-17-31)40(29-44(39)52)47-49-45(32-18-10-5-11-19-32)48-46(50-47)34-22-24-35-38-26-33(30-14-6-3-7-15-30)23-25-41(38)51-42(35)27-34/h3-29,52H,1-2H3/q-1. The van der Waals surface area contributed by atoms with Gasteiger partial charge in [0.25, 0.3) is 0 Å². The Morgan fingerprint density at radius 1 is 0.365 bits per heavy atom. The number of benzene rings is 7. The molecule has 0 atom stereocenters. The van der Waals surface area contributed by atoms with E-state index in [0.717, 1.165) is 55.3 Å². The van der Waals surface area contributed by atoms with E-state index in [-0.39, 0.29) is 0 Å². The van der Waals surface area contributed by atoms with E-state index in [1.165, 1.54) is 27.1 Å². The number of hydrogen-bond acceptors (Lipinski definition) is 4. The molecule has 248 valence electrons. The Morgan fingerprint density at radius 3 is 1.73 bits per heavy atom. The summed E-state index contributed by atoms with van der Waals surface area (Å²) in [5.74, 6) is 1.91. The second-order valence-corrected chi connectivity index (χ2v) is 19.4. The summed E-state index contributed by atoms with van der Waals surface area (Å²) in [6.07, 6.45) is 0. The molecule has 9 aromatic rings. The third kappa shape index (κ3) is 4.93. The molecule has 2 aromatic heterocycles. The topological polar surface area (TPSA) is 51.8 Å². The van der Waals surface area contributed by atoms with Crippen molar-refractivity contribution in [3.8, 4) is 67.5 Å². The Morgan fingerprint density at radius 2 is 0.981 bits per heavy atom. The summed E-state index contributed by atoms with van der Waals surface area (Å²) in [4.78, 5) is 15.6. The van der Waals surface area contributed by atoms with Gasteiger partial charge in [-0.25, -0.2) is 0 Å². The van der Waals surface area contributed by atoms with Gasteiger partial charge in [-0.1, -0.05) is 36.4 Å². The molecule has 0 amide bonds. The van der Waals surface area contributed by atoms with Gasteiger partial charge >= 0.3 is 257 Å². The van der Waals surface area contributed by atoms with Gasteiger partial charge in [0.1, 0.15) is 0 Å². The van der Waals surface area contributed by atoms with E-state index in [1.807, 2.05) is 24.3 Å². The average molecular weight is 685 g/mol. The van der Waals surface area contributed by atoms with E-state index in [1.54, 1.807) is 0 Å². The Hall–Kier alpha value is -6.43. The summed E-state index contributed by atoms with van der Waals surface area (Å²) < 4.78 is 6.45. The molecule has 52 heavy (non-hydrogen) atoms. The number of rotatable bonds is 5. The van der Waals surface area contributed by atoms with Crippen molar-refractivity contribution in [2.75, 3.05) is 0 Å². The van der Waals surface area contributed by atoms with Crippen molar-refractivity contribution in [2.45, 2.75) is 13.1 Å². The van der Waals surface area contributed by atoms with Gasteiger partial charge in [0, 0.05) is 0 Å². The number of nitrogens with zero attached hydrogens (tertiary/aromatic N) is 3. The molecule has 4 nitrogen and oxygen atoms in total. The van der Waals surface area contributed by atoms with Gasteiger partial charge in [-0.05, 0) is 11.1 Å². The van der Waals surface area contributed by atoms with Crippen LogP contribution in [0.25, 0.3) is 89.5 Å². The van der Waals surface area contributed by atoms with Crippen molar-refractivity contribution in [3.05, 3.63) is 164 Å². The van der Waals surface area contributed by atoms with Gasteiger partial charge in [-0.2, -0.15) is 0 Å². The Kier molecular flexibility index (Phi) is 6.91. The molecule has 0 N–H and O–H groups in total. The van der Waals surface area contributed by atoms with Crippen LogP contribution < -0.4 is 10.4 Å². The van der Waals surface area contributed by atoms with Crippen LogP contribution in [0.1, 0.15) is 0 Å². The van der Waals surface area contributed by atoms with E-state index in [4.69, 9.17) is 19.4 Å². The molecular formula is C47H34N3OSi-. The molecule has 0 spiro atoms. The molecule has 0 saturated carbocycles. The first-order valence-corrected chi connectivity index (χ1v) is 21.4. The molecule has 7 aromatic carbocycles. The maximum atomic E-state index is 6.45. The van der Waals surface area contributed by atoms with E-state index in [2.05, 4.69) is 153 Å². The van der Waals surface area contributed by atoms with Gasteiger partial charge in [0.15, 0.2) is 0 Å². The van der Waals surface area contributed by atoms with Crippen LogP contribution in [-0.4, -0.2) is 23.0 Å². The molecule has 10 rings (SSSR count). The predicted molar refractivity (Wildman–Crippen MR) is 218 cm³/mol. The normalized spacial score (nSPS) is 13.6. The molecular weight excluding hydrogens is 651 g/mol. The minimum atomic E-state index is -2.34. The van der Waals surface area contributed by atoms with Crippen LogP contribution in [-0.2, 0) is 0 Å². The van der Waals surface area contributed by atoms with Gasteiger partial charge < -0.3 is 0 Å². The van der Waals surface area contributed by atoms with E-state index in [9.17, 15) is 0 Å². The van der Waals surface area contributed by atoms with Crippen molar-refractivity contribution in [1.82, 2.24) is 15.0 Å². The van der Waals surface area contributed by atoms with Gasteiger partial charge in [0.05, 0.1) is 0 Å². The fourth-order valence-electron chi connectivity index (χ4n) is 8.10. The second kappa shape index (κ2) is 11.8. The Balaban J connectivity index is 1.18. The number of aromatic nitrogens is 3. The summed E-state index contributed by atoms with van der Waals surface area (Å²) in [6.45, 7) is 4.95.